The zero-order valence-electron chi connectivity index (χ0n) is 16.0. The molecule has 6 heteroatoms. The monoisotopic (exact) mass is 386 g/mol. The van der Waals surface area contributed by atoms with E-state index in [1.165, 1.54) is 12.2 Å². The van der Waals surface area contributed by atoms with Crippen LogP contribution in [0.25, 0.3) is 6.08 Å². The molecule has 0 spiro atoms. The van der Waals surface area contributed by atoms with Crippen molar-refractivity contribution in [1.82, 2.24) is 5.32 Å². The molecule has 1 aliphatic rings. The Hall–Kier alpha value is -2.73. The number of nitrogens with one attached hydrogen (secondary N) is 1. The fourth-order valence-electron chi connectivity index (χ4n) is 3.49. The van der Waals surface area contributed by atoms with Gasteiger partial charge < -0.3 is 15.3 Å². The van der Waals surface area contributed by atoms with Gasteiger partial charge in [0.05, 0.1) is 6.04 Å². The van der Waals surface area contributed by atoms with Crippen LogP contribution in [-0.4, -0.2) is 23.8 Å². The first kappa shape index (κ1) is 20.0. The smallest absolute Gasteiger partial charge is 0.244 e. The zero-order chi connectivity index (χ0) is 20.3. The summed E-state index contributed by atoms with van der Waals surface area (Å²) in [6, 6.07) is 8.85. The molecule has 3 rings (SSSR count). The van der Waals surface area contributed by atoms with E-state index < -0.39 is 17.9 Å². The van der Waals surface area contributed by atoms with Crippen LogP contribution >= 0.6 is 0 Å². The van der Waals surface area contributed by atoms with Gasteiger partial charge in [-0.15, -0.1) is 0 Å². The van der Waals surface area contributed by atoms with Crippen molar-refractivity contribution in [2.24, 2.45) is 0 Å². The Morgan fingerprint density at radius 2 is 1.89 bits per heavy atom. The van der Waals surface area contributed by atoms with Gasteiger partial charge in [-0.1, -0.05) is 12.1 Å². The number of hydrogen-bond acceptors (Lipinski definition) is 3. The van der Waals surface area contributed by atoms with E-state index in [9.17, 15) is 18.7 Å². The number of anilines is 1. The van der Waals surface area contributed by atoms with Crippen LogP contribution in [0.4, 0.5) is 14.5 Å². The van der Waals surface area contributed by atoms with Crippen molar-refractivity contribution in [3.05, 3.63) is 70.8 Å². The first-order chi connectivity index (χ1) is 13.3. The Bertz CT molecular complexity index is 876. The van der Waals surface area contributed by atoms with Crippen LogP contribution in [0.2, 0.25) is 0 Å². The molecule has 1 aliphatic heterocycles. The average Bonchev–Trinajstić information content (AvgIpc) is 2.64. The molecule has 0 saturated carbocycles. The maximum atomic E-state index is 13.2. The Balaban J connectivity index is 1.68. The fourth-order valence-corrected chi connectivity index (χ4v) is 3.49. The summed E-state index contributed by atoms with van der Waals surface area (Å²) in [6.07, 6.45) is 3.99. The standard InChI is InChI=1S/C22H24F2N2O2/c1-14(25-22(28)8-5-16-10-19(23)13-20(24)11-16)17-6-7-21-18(12-17)4-3-9-26(21)15(2)27/h5-8,10-15,27H,3-4,9H2,1-2H3,(H,25,28). The summed E-state index contributed by atoms with van der Waals surface area (Å²) >= 11 is 0. The summed E-state index contributed by atoms with van der Waals surface area (Å²) in [5, 5.41) is 12.8. The normalized spacial score (nSPS) is 16.0. The van der Waals surface area contributed by atoms with Crippen molar-refractivity contribution in [2.45, 2.75) is 39.0 Å². The van der Waals surface area contributed by atoms with Gasteiger partial charge in [0.15, 0.2) is 0 Å². The highest BCUT2D eigenvalue weighted by molar-refractivity contribution is 5.92. The first-order valence-electron chi connectivity index (χ1n) is 9.35. The van der Waals surface area contributed by atoms with Gasteiger partial charge in [-0.25, -0.2) is 8.78 Å². The average molecular weight is 386 g/mol. The van der Waals surface area contributed by atoms with E-state index in [-0.39, 0.29) is 17.5 Å². The molecule has 1 heterocycles. The van der Waals surface area contributed by atoms with Crippen molar-refractivity contribution in [3.63, 3.8) is 0 Å². The molecule has 148 valence electrons. The molecule has 28 heavy (non-hydrogen) atoms. The Kier molecular flexibility index (Phi) is 6.09. The van der Waals surface area contributed by atoms with Gasteiger partial charge in [0, 0.05) is 24.4 Å². The molecule has 0 aliphatic carbocycles. The van der Waals surface area contributed by atoms with Gasteiger partial charge in [0.1, 0.15) is 17.9 Å². The maximum Gasteiger partial charge on any atom is 0.244 e. The van der Waals surface area contributed by atoms with Gasteiger partial charge in [0.25, 0.3) is 0 Å². The number of hydrogen-bond donors (Lipinski definition) is 2. The number of aliphatic hydroxyl groups is 1. The van der Waals surface area contributed by atoms with Crippen molar-refractivity contribution in [1.29, 1.82) is 0 Å². The minimum absolute atomic E-state index is 0.228. The molecule has 0 radical (unpaired) electrons. The number of amides is 1. The van der Waals surface area contributed by atoms with Crippen LogP contribution < -0.4 is 10.2 Å². The Morgan fingerprint density at radius 3 is 2.57 bits per heavy atom. The number of nitrogens with zero attached hydrogens (tertiary/aromatic N) is 1. The molecule has 0 aromatic heterocycles. The lowest BCUT2D eigenvalue weighted by Gasteiger charge is -2.34. The van der Waals surface area contributed by atoms with Crippen LogP contribution in [0.5, 0.6) is 0 Å². The number of halogens is 2. The van der Waals surface area contributed by atoms with E-state index in [0.29, 0.717) is 0 Å². The van der Waals surface area contributed by atoms with Crippen molar-refractivity contribution in [2.75, 3.05) is 11.4 Å². The van der Waals surface area contributed by atoms with Crippen LogP contribution in [-0.2, 0) is 11.2 Å². The molecule has 2 N–H and O–H groups in total. The lowest BCUT2D eigenvalue weighted by atomic mass is 9.96. The minimum Gasteiger partial charge on any atom is -0.374 e. The molecule has 4 nitrogen and oxygen atoms in total. The van der Waals surface area contributed by atoms with Crippen LogP contribution in [0, 0.1) is 11.6 Å². The predicted molar refractivity (Wildman–Crippen MR) is 106 cm³/mol. The van der Waals surface area contributed by atoms with Crippen LogP contribution in [0.3, 0.4) is 0 Å². The SMILES string of the molecule is CC(NC(=O)C=Cc1cc(F)cc(F)c1)c1ccc2c(c1)CCCN2C(C)O. The fraction of sp³-hybridized carbons (Fsp3) is 0.318. The van der Waals surface area contributed by atoms with E-state index >= 15 is 0 Å². The third kappa shape index (κ3) is 4.75. The molecule has 2 atom stereocenters. The third-order valence-electron chi connectivity index (χ3n) is 4.88. The Labute approximate surface area is 163 Å². The van der Waals surface area contributed by atoms with Gasteiger partial charge in [-0.3, -0.25) is 4.79 Å². The minimum atomic E-state index is -0.686. The lowest BCUT2D eigenvalue weighted by Crippen LogP contribution is -2.37. The molecule has 0 saturated heterocycles. The number of carbonyl (C=O) groups excluding carboxylic acids is 1. The number of benzene rings is 2. The molecule has 0 fully saturated rings. The maximum absolute atomic E-state index is 13.2. The van der Waals surface area contributed by atoms with Crippen LogP contribution in [0.15, 0.2) is 42.5 Å². The summed E-state index contributed by atoms with van der Waals surface area (Å²) in [7, 11) is 0. The van der Waals surface area contributed by atoms with Gasteiger partial charge in [0.2, 0.25) is 5.91 Å². The number of aliphatic hydroxyl groups excluding tert-OH is 1. The molecule has 0 bridgehead atoms. The van der Waals surface area contributed by atoms with Gasteiger partial charge in [-0.2, -0.15) is 0 Å². The van der Waals surface area contributed by atoms with E-state index in [2.05, 4.69) is 11.4 Å². The number of fused-ring (bicyclic) bond motifs is 1. The second-order valence-electron chi connectivity index (χ2n) is 7.08. The van der Waals surface area contributed by atoms with Crippen LogP contribution in [0.1, 0.15) is 43.0 Å². The first-order valence-corrected chi connectivity index (χ1v) is 9.35. The van der Waals surface area contributed by atoms with Gasteiger partial charge >= 0.3 is 0 Å². The molecule has 2 unspecified atom stereocenters. The predicted octanol–water partition coefficient (Wildman–Crippen LogP) is 3.95. The summed E-state index contributed by atoms with van der Waals surface area (Å²) in [6.45, 7) is 4.45. The second kappa shape index (κ2) is 8.52. The lowest BCUT2D eigenvalue weighted by molar-refractivity contribution is -0.117. The summed E-state index contributed by atoms with van der Waals surface area (Å²) in [5.74, 6) is -1.72. The number of rotatable bonds is 5. The highest BCUT2D eigenvalue weighted by Crippen LogP contribution is 2.30. The number of aryl methyl sites for hydroxylation is 1. The second-order valence-corrected chi connectivity index (χ2v) is 7.08. The van der Waals surface area contributed by atoms with E-state index in [1.807, 2.05) is 24.0 Å². The van der Waals surface area contributed by atoms with Crippen molar-refractivity contribution < 1.29 is 18.7 Å². The third-order valence-corrected chi connectivity index (χ3v) is 4.88. The summed E-state index contributed by atoms with van der Waals surface area (Å²) in [4.78, 5) is 14.1. The number of carbonyl (C=O) groups is 1. The van der Waals surface area contributed by atoms with Crippen molar-refractivity contribution in [3.8, 4) is 0 Å². The summed E-state index contributed by atoms with van der Waals surface area (Å²) in [5.41, 5.74) is 3.42. The quantitative estimate of drug-likeness (QED) is 0.765. The largest absolute Gasteiger partial charge is 0.374 e. The topological polar surface area (TPSA) is 52.6 Å². The highest BCUT2D eigenvalue weighted by Gasteiger charge is 2.21. The molecular weight excluding hydrogens is 362 g/mol. The molecule has 2 aromatic rings. The zero-order valence-corrected chi connectivity index (χ0v) is 16.0. The highest BCUT2D eigenvalue weighted by atomic mass is 19.1. The molecule has 1 amide bonds. The van der Waals surface area contributed by atoms with E-state index in [1.54, 1.807) is 6.92 Å². The molecule has 2 aromatic carbocycles. The van der Waals surface area contributed by atoms with E-state index in [4.69, 9.17) is 0 Å². The van der Waals surface area contributed by atoms with Gasteiger partial charge in [-0.05, 0) is 67.7 Å². The van der Waals surface area contributed by atoms with Crippen molar-refractivity contribution >= 4 is 17.7 Å². The summed E-state index contributed by atoms with van der Waals surface area (Å²) < 4.78 is 26.4. The Morgan fingerprint density at radius 1 is 1.18 bits per heavy atom. The molecular formula is C22H24F2N2O2. The van der Waals surface area contributed by atoms with E-state index in [0.717, 1.165) is 54.4 Å².